The van der Waals surface area contributed by atoms with Crippen LogP contribution in [0.5, 0.6) is 0 Å². The topological polar surface area (TPSA) is 45.4 Å². The molecular formula is C17H24N4. The largest absolute Gasteiger partial charge is 0.399 e. The Kier molecular flexibility index (Phi) is 3.97. The van der Waals surface area contributed by atoms with Gasteiger partial charge >= 0.3 is 0 Å². The highest BCUT2D eigenvalue weighted by atomic mass is 15.1. The van der Waals surface area contributed by atoms with Gasteiger partial charge in [0, 0.05) is 36.6 Å². The van der Waals surface area contributed by atoms with Gasteiger partial charge in [-0.25, -0.2) is 0 Å². The van der Waals surface area contributed by atoms with Crippen molar-refractivity contribution in [1.29, 1.82) is 0 Å². The third kappa shape index (κ3) is 3.10. The second-order valence-corrected chi connectivity index (χ2v) is 6.23. The van der Waals surface area contributed by atoms with Crippen LogP contribution in [0.2, 0.25) is 0 Å². The lowest BCUT2D eigenvalue weighted by atomic mass is 9.96. The molecule has 0 atom stereocenters. The molecule has 4 heteroatoms. The summed E-state index contributed by atoms with van der Waals surface area (Å²) in [6.45, 7) is 3.54. The van der Waals surface area contributed by atoms with Gasteiger partial charge in [-0.05, 0) is 63.2 Å². The van der Waals surface area contributed by atoms with Crippen LogP contribution in [0.4, 0.5) is 11.4 Å². The Morgan fingerprint density at radius 2 is 2.05 bits per heavy atom. The standard InChI is InChI=1S/C17H24N4/c1-20-9-6-13(7-10-20)12-21(2)17-5-8-19-16-11-14(18)3-4-15(16)17/h3-5,8,11,13H,6-7,9-10,12,18H2,1-2H3. The van der Waals surface area contributed by atoms with E-state index in [1.54, 1.807) is 0 Å². The minimum Gasteiger partial charge on any atom is -0.399 e. The summed E-state index contributed by atoms with van der Waals surface area (Å²) in [4.78, 5) is 9.22. The van der Waals surface area contributed by atoms with Crippen LogP contribution >= 0.6 is 0 Å². The molecule has 0 unspecified atom stereocenters. The number of aromatic nitrogens is 1. The van der Waals surface area contributed by atoms with Gasteiger partial charge in [-0.1, -0.05) is 0 Å². The fourth-order valence-corrected chi connectivity index (χ4v) is 3.21. The second kappa shape index (κ2) is 5.90. The minimum absolute atomic E-state index is 0.769. The van der Waals surface area contributed by atoms with E-state index in [1.165, 1.54) is 37.0 Å². The molecule has 1 aliphatic heterocycles. The lowest BCUT2D eigenvalue weighted by molar-refractivity contribution is 0.222. The third-order valence-electron chi connectivity index (χ3n) is 4.53. The molecule has 4 nitrogen and oxygen atoms in total. The van der Waals surface area contributed by atoms with Gasteiger partial charge < -0.3 is 15.5 Å². The summed E-state index contributed by atoms with van der Waals surface area (Å²) in [5.41, 5.74) is 8.85. The number of fused-ring (bicyclic) bond motifs is 1. The van der Waals surface area contributed by atoms with Crippen LogP contribution in [0.3, 0.4) is 0 Å². The fourth-order valence-electron chi connectivity index (χ4n) is 3.21. The maximum Gasteiger partial charge on any atom is 0.0743 e. The van der Waals surface area contributed by atoms with Crippen molar-refractivity contribution in [3.05, 3.63) is 30.5 Å². The highest BCUT2D eigenvalue weighted by Crippen LogP contribution is 2.27. The third-order valence-corrected chi connectivity index (χ3v) is 4.53. The molecule has 2 heterocycles. The molecule has 1 aromatic carbocycles. The van der Waals surface area contributed by atoms with Crippen LogP contribution < -0.4 is 10.6 Å². The average molecular weight is 284 g/mol. The van der Waals surface area contributed by atoms with E-state index in [9.17, 15) is 0 Å². The maximum absolute atomic E-state index is 5.85. The number of anilines is 2. The number of nitrogen functional groups attached to an aromatic ring is 1. The zero-order valence-electron chi connectivity index (χ0n) is 12.9. The van der Waals surface area contributed by atoms with Crippen molar-refractivity contribution in [2.24, 2.45) is 5.92 Å². The summed E-state index contributed by atoms with van der Waals surface area (Å²) in [7, 11) is 4.39. The molecular weight excluding hydrogens is 260 g/mol. The number of hydrogen-bond donors (Lipinski definition) is 1. The Balaban J connectivity index is 1.79. The van der Waals surface area contributed by atoms with Gasteiger partial charge in [0.25, 0.3) is 0 Å². The first-order valence-corrected chi connectivity index (χ1v) is 7.67. The predicted molar refractivity (Wildman–Crippen MR) is 89.6 cm³/mol. The van der Waals surface area contributed by atoms with Crippen LogP contribution in [0.1, 0.15) is 12.8 Å². The molecule has 1 aliphatic rings. The molecule has 0 radical (unpaired) electrons. The van der Waals surface area contributed by atoms with E-state index in [0.717, 1.165) is 23.7 Å². The summed E-state index contributed by atoms with van der Waals surface area (Å²) < 4.78 is 0. The predicted octanol–water partition coefficient (Wildman–Crippen LogP) is 2.60. The number of benzene rings is 1. The van der Waals surface area contributed by atoms with Crippen molar-refractivity contribution in [2.75, 3.05) is 44.4 Å². The summed E-state index contributed by atoms with van der Waals surface area (Å²) in [5, 5.41) is 1.18. The van der Waals surface area contributed by atoms with Gasteiger partial charge in [0.1, 0.15) is 0 Å². The average Bonchev–Trinajstić information content (AvgIpc) is 2.48. The first-order chi connectivity index (χ1) is 10.1. The summed E-state index contributed by atoms with van der Waals surface area (Å²) in [6, 6.07) is 8.09. The number of piperidine rings is 1. The van der Waals surface area contributed by atoms with Crippen LogP contribution in [0, 0.1) is 5.92 Å². The van der Waals surface area contributed by atoms with Crippen molar-refractivity contribution in [3.8, 4) is 0 Å². The molecule has 1 fully saturated rings. The number of rotatable bonds is 3. The second-order valence-electron chi connectivity index (χ2n) is 6.23. The van der Waals surface area contributed by atoms with Crippen LogP contribution in [0.25, 0.3) is 10.9 Å². The van der Waals surface area contributed by atoms with Gasteiger partial charge in [0.15, 0.2) is 0 Å². The SMILES string of the molecule is CN1CCC(CN(C)c2ccnc3cc(N)ccc23)CC1. The van der Waals surface area contributed by atoms with Gasteiger partial charge in [0.2, 0.25) is 0 Å². The molecule has 1 aromatic heterocycles. The molecule has 112 valence electrons. The molecule has 3 rings (SSSR count). The lowest BCUT2D eigenvalue weighted by Crippen LogP contribution is -2.35. The van der Waals surface area contributed by atoms with E-state index in [2.05, 4.69) is 41.0 Å². The monoisotopic (exact) mass is 284 g/mol. The molecule has 0 spiro atoms. The van der Waals surface area contributed by atoms with E-state index in [4.69, 9.17) is 5.73 Å². The van der Waals surface area contributed by atoms with Crippen molar-refractivity contribution in [3.63, 3.8) is 0 Å². The number of pyridine rings is 1. The zero-order chi connectivity index (χ0) is 14.8. The van der Waals surface area contributed by atoms with Gasteiger partial charge in [0.05, 0.1) is 5.52 Å². The van der Waals surface area contributed by atoms with E-state index < -0.39 is 0 Å². The van der Waals surface area contributed by atoms with Gasteiger partial charge in [-0.3, -0.25) is 4.98 Å². The Morgan fingerprint density at radius 3 is 2.81 bits per heavy atom. The first-order valence-electron chi connectivity index (χ1n) is 7.67. The van der Waals surface area contributed by atoms with Crippen LogP contribution in [-0.2, 0) is 0 Å². The quantitative estimate of drug-likeness (QED) is 0.880. The van der Waals surface area contributed by atoms with E-state index in [-0.39, 0.29) is 0 Å². The number of likely N-dealkylation sites (tertiary alicyclic amines) is 1. The molecule has 1 saturated heterocycles. The summed E-state index contributed by atoms with van der Waals surface area (Å²) >= 11 is 0. The Labute approximate surface area is 126 Å². The molecule has 0 aliphatic carbocycles. The maximum atomic E-state index is 5.85. The molecule has 2 aromatic rings. The normalized spacial score (nSPS) is 17.2. The lowest BCUT2D eigenvalue weighted by Gasteiger charge is -2.32. The minimum atomic E-state index is 0.769. The number of nitrogens with two attached hydrogens (primary N) is 1. The zero-order valence-corrected chi connectivity index (χ0v) is 12.9. The van der Waals surface area contributed by atoms with Crippen molar-refractivity contribution >= 4 is 22.3 Å². The van der Waals surface area contributed by atoms with Gasteiger partial charge in [-0.2, -0.15) is 0 Å². The first kappa shape index (κ1) is 14.1. The van der Waals surface area contributed by atoms with Crippen LogP contribution in [0.15, 0.2) is 30.5 Å². The molecule has 2 N–H and O–H groups in total. The summed E-state index contributed by atoms with van der Waals surface area (Å²) in [6.07, 6.45) is 4.45. The smallest absolute Gasteiger partial charge is 0.0743 e. The van der Waals surface area contributed by atoms with E-state index in [0.29, 0.717) is 0 Å². The van der Waals surface area contributed by atoms with Crippen molar-refractivity contribution in [1.82, 2.24) is 9.88 Å². The van der Waals surface area contributed by atoms with Crippen molar-refractivity contribution < 1.29 is 0 Å². The molecule has 0 bridgehead atoms. The van der Waals surface area contributed by atoms with E-state index >= 15 is 0 Å². The van der Waals surface area contributed by atoms with E-state index in [1.807, 2.05) is 18.3 Å². The molecule has 21 heavy (non-hydrogen) atoms. The Hall–Kier alpha value is -1.81. The van der Waals surface area contributed by atoms with Gasteiger partial charge in [-0.15, -0.1) is 0 Å². The fraction of sp³-hybridized carbons (Fsp3) is 0.471. The Bertz CT molecular complexity index is 617. The van der Waals surface area contributed by atoms with Crippen molar-refractivity contribution in [2.45, 2.75) is 12.8 Å². The highest BCUT2D eigenvalue weighted by Gasteiger charge is 2.19. The number of nitrogens with zero attached hydrogens (tertiary/aromatic N) is 3. The highest BCUT2D eigenvalue weighted by molar-refractivity contribution is 5.93. The molecule has 0 saturated carbocycles. The van der Waals surface area contributed by atoms with Crippen LogP contribution in [-0.4, -0.2) is 43.6 Å². The number of hydrogen-bond acceptors (Lipinski definition) is 4. The molecule has 0 amide bonds. The summed E-state index contributed by atoms with van der Waals surface area (Å²) in [5.74, 6) is 0.781. The Morgan fingerprint density at radius 1 is 1.29 bits per heavy atom.